The number of anilines is 1. The molecule has 0 spiro atoms. The lowest BCUT2D eigenvalue weighted by Crippen LogP contribution is -2.50. The van der Waals surface area contributed by atoms with Gasteiger partial charge >= 0.3 is 6.36 Å². The Morgan fingerprint density at radius 2 is 1.80 bits per heavy atom. The highest BCUT2D eigenvalue weighted by molar-refractivity contribution is 7.92. The molecule has 4 rings (SSSR count). The van der Waals surface area contributed by atoms with Crippen LogP contribution in [0, 0.1) is 17.8 Å². The van der Waals surface area contributed by atoms with Gasteiger partial charge in [-0.05, 0) is 55.0 Å². The molecule has 1 aliphatic carbocycles. The number of halogens is 3. The Bertz CT molecular complexity index is 1130. The van der Waals surface area contributed by atoms with Gasteiger partial charge in [0.1, 0.15) is 5.75 Å². The van der Waals surface area contributed by atoms with E-state index in [9.17, 15) is 21.6 Å². The Kier molecular flexibility index (Phi) is 7.36. The molecular formula is C25H32F3N3O3S. The Labute approximate surface area is 204 Å². The third-order valence-electron chi connectivity index (χ3n) is 7.46. The first-order chi connectivity index (χ1) is 16.5. The molecule has 5 atom stereocenters. The van der Waals surface area contributed by atoms with E-state index in [4.69, 9.17) is 5.73 Å². The number of ether oxygens (including phenoxy) is 1. The van der Waals surface area contributed by atoms with Gasteiger partial charge in [0.2, 0.25) is 10.0 Å². The van der Waals surface area contributed by atoms with Gasteiger partial charge in [0, 0.05) is 30.6 Å². The molecule has 0 bridgehead atoms. The highest BCUT2D eigenvalue weighted by Crippen LogP contribution is 2.50. The van der Waals surface area contributed by atoms with Crippen LogP contribution in [0.3, 0.4) is 0 Å². The smallest absolute Gasteiger partial charge is 0.405 e. The number of nitrogens with two attached hydrogens (primary N) is 1. The molecule has 2 aromatic carbocycles. The van der Waals surface area contributed by atoms with Crippen molar-refractivity contribution in [2.24, 2.45) is 23.5 Å². The second-order valence-electron chi connectivity index (χ2n) is 9.61. The standard InChI is InChI=1S/C25H32F3N3O3S/c1-31(35(2,32)33)18-12-13-21(34-25(26,27)28)20(14-18)23(29)22-19-11-7-6-10-17(19)15-30-24(22)16-8-4-3-5-9-16/h3-5,8-9,12-14,17,19,22-24,30H,6-7,10-11,15,29H2,1-2H3. The molecule has 5 unspecified atom stereocenters. The molecule has 2 fully saturated rings. The number of piperidine rings is 1. The highest BCUT2D eigenvalue weighted by Gasteiger charge is 2.45. The van der Waals surface area contributed by atoms with Crippen molar-refractivity contribution < 1.29 is 26.3 Å². The molecule has 3 N–H and O–H groups in total. The minimum Gasteiger partial charge on any atom is -0.405 e. The van der Waals surface area contributed by atoms with Crippen molar-refractivity contribution in [2.45, 2.75) is 44.1 Å². The van der Waals surface area contributed by atoms with Gasteiger partial charge in [-0.2, -0.15) is 0 Å². The topological polar surface area (TPSA) is 84.7 Å². The summed E-state index contributed by atoms with van der Waals surface area (Å²) in [5, 5.41) is 3.62. The molecule has 0 radical (unpaired) electrons. The molecule has 1 heterocycles. The van der Waals surface area contributed by atoms with Gasteiger partial charge in [-0.25, -0.2) is 8.42 Å². The lowest BCUT2D eigenvalue weighted by Gasteiger charge is -2.49. The minimum atomic E-state index is -4.91. The molecular weight excluding hydrogens is 479 g/mol. The molecule has 1 saturated heterocycles. The van der Waals surface area contributed by atoms with Crippen LogP contribution in [0.4, 0.5) is 18.9 Å². The van der Waals surface area contributed by atoms with E-state index in [-0.39, 0.29) is 29.1 Å². The molecule has 2 aromatic rings. The minimum absolute atomic E-state index is 0.147. The van der Waals surface area contributed by atoms with Crippen molar-refractivity contribution in [3.05, 3.63) is 59.7 Å². The van der Waals surface area contributed by atoms with Crippen molar-refractivity contribution in [3.8, 4) is 5.75 Å². The summed E-state index contributed by atoms with van der Waals surface area (Å²) in [6.45, 7) is 0.830. The number of alkyl halides is 3. The predicted octanol–water partition coefficient (Wildman–Crippen LogP) is 4.75. The summed E-state index contributed by atoms with van der Waals surface area (Å²) in [6.07, 6.45) is 0.301. The van der Waals surface area contributed by atoms with E-state index < -0.39 is 28.2 Å². The number of hydrogen-bond donors (Lipinski definition) is 2. The largest absolute Gasteiger partial charge is 0.573 e. The van der Waals surface area contributed by atoms with E-state index in [1.165, 1.54) is 19.2 Å². The number of nitrogens with zero attached hydrogens (tertiary/aromatic N) is 1. The van der Waals surface area contributed by atoms with Crippen LogP contribution in [-0.4, -0.2) is 34.6 Å². The number of sulfonamides is 1. The summed E-state index contributed by atoms with van der Waals surface area (Å²) in [6, 6.07) is 12.7. The lowest BCUT2D eigenvalue weighted by atomic mass is 9.63. The van der Waals surface area contributed by atoms with Crippen LogP contribution in [0.1, 0.15) is 48.9 Å². The van der Waals surface area contributed by atoms with Gasteiger partial charge < -0.3 is 15.8 Å². The van der Waals surface area contributed by atoms with Gasteiger partial charge in [0.25, 0.3) is 0 Å². The fraction of sp³-hybridized carbons (Fsp3) is 0.520. The maximum absolute atomic E-state index is 13.3. The first-order valence-corrected chi connectivity index (χ1v) is 13.7. The third-order valence-corrected chi connectivity index (χ3v) is 8.67. The fourth-order valence-electron chi connectivity index (χ4n) is 5.74. The zero-order valence-electron chi connectivity index (χ0n) is 19.8. The maximum atomic E-state index is 13.3. The summed E-state index contributed by atoms with van der Waals surface area (Å²) in [5.41, 5.74) is 8.25. The summed E-state index contributed by atoms with van der Waals surface area (Å²) >= 11 is 0. The molecule has 192 valence electrons. The van der Waals surface area contributed by atoms with Crippen molar-refractivity contribution in [2.75, 3.05) is 24.2 Å². The summed E-state index contributed by atoms with van der Waals surface area (Å²) < 4.78 is 69.6. The molecule has 35 heavy (non-hydrogen) atoms. The van der Waals surface area contributed by atoms with Crippen molar-refractivity contribution in [1.29, 1.82) is 0 Å². The van der Waals surface area contributed by atoms with Crippen LogP contribution in [0.15, 0.2) is 48.5 Å². The van der Waals surface area contributed by atoms with Crippen molar-refractivity contribution in [1.82, 2.24) is 5.32 Å². The monoisotopic (exact) mass is 511 g/mol. The zero-order chi connectivity index (χ0) is 25.4. The summed E-state index contributed by atoms with van der Waals surface area (Å²) in [5.74, 6) is 0.0000722. The van der Waals surface area contributed by atoms with Gasteiger partial charge in [0.15, 0.2) is 0 Å². The van der Waals surface area contributed by atoms with Crippen molar-refractivity contribution in [3.63, 3.8) is 0 Å². The molecule has 0 aromatic heterocycles. The summed E-state index contributed by atoms with van der Waals surface area (Å²) in [7, 11) is -2.27. The molecule has 1 saturated carbocycles. The van der Waals surface area contributed by atoms with Crippen molar-refractivity contribution >= 4 is 15.7 Å². The third kappa shape index (κ3) is 5.76. The molecule has 2 aliphatic rings. The van der Waals surface area contributed by atoms with Crippen LogP contribution >= 0.6 is 0 Å². The Hall–Kier alpha value is -2.30. The zero-order valence-corrected chi connectivity index (χ0v) is 20.6. The maximum Gasteiger partial charge on any atom is 0.573 e. The van der Waals surface area contributed by atoms with Gasteiger partial charge in [-0.1, -0.05) is 43.2 Å². The highest BCUT2D eigenvalue weighted by atomic mass is 32.2. The van der Waals surface area contributed by atoms with Gasteiger partial charge in [-0.15, -0.1) is 13.2 Å². The average molecular weight is 512 g/mol. The first kappa shape index (κ1) is 25.8. The SMILES string of the molecule is CN(c1ccc(OC(F)(F)F)c(C(N)C2C(c3ccccc3)NCC3CCCCC32)c1)S(C)(=O)=O. The van der Waals surface area contributed by atoms with Gasteiger partial charge in [0.05, 0.1) is 11.9 Å². The number of nitrogens with one attached hydrogen (secondary N) is 1. The van der Waals surface area contributed by atoms with Crippen LogP contribution in [-0.2, 0) is 10.0 Å². The van der Waals surface area contributed by atoms with Crippen LogP contribution in [0.25, 0.3) is 0 Å². The van der Waals surface area contributed by atoms with E-state index in [2.05, 4.69) is 10.1 Å². The number of hydrogen-bond acceptors (Lipinski definition) is 5. The van der Waals surface area contributed by atoms with Crippen LogP contribution in [0.5, 0.6) is 5.75 Å². The quantitative estimate of drug-likeness (QED) is 0.585. The number of rotatable bonds is 6. The van der Waals surface area contributed by atoms with E-state index >= 15 is 0 Å². The fourth-order valence-corrected chi connectivity index (χ4v) is 6.24. The van der Waals surface area contributed by atoms with E-state index in [1.54, 1.807) is 0 Å². The molecule has 1 aliphatic heterocycles. The first-order valence-electron chi connectivity index (χ1n) is 11.8. The average Bonchev–Trinajstić information content (AvgIpc) is 2.81. The predicted molar refractivity (Wildman–Crippen MR) is 129 cm³/mol. The Balaban J connectivity index is 1.81. The van der Waals surface area contributed by atoms with Crippen LogP contribution < -0.4 is 20.1 Å². The number of fused-ring (bicyclic) bond motifs is 1. The normalized spacial score (nSPS) is 26.0. The second kappa shape index (κ2) is 9.99. The lowest BCUT2D eigenvalue weighted by molar-refractivity contribution is -0.275. The Morgan fingerprint density at radius 3 is 2.46 bits per heavy atom. The van der Waals surface area contributed by atoms with E-state index in [1.807, 2.05) is 30.3 Å². The van der Waals surface area contributed by atoms with Gasteiger partial charge in [-0.3, -0.25) is 4.31 Å². The Morgan fingerprint density at radius 1 is 1.11 bits per heavy atom. The summed E-state index contributed by atoms with van der Waals surface area (Å²) in [4.78, 5) is 0. The number of benzene rings is 2. The second-order valence-corrected chi connectivity index (χ2v) is 11.6. The van der Waals surface area contributed by atoms with E-state index in [0.29, 0.717) is 5.92 Å². The molecule has 6 nitrogen and oxygen atoms in total. The molecule has 0 amide bonds. The van der Waals surface area contributed by atoms with E-state index in [0.717, 1.165) is 54.4 Å². The van der Waals surface area contributed by atoms with Crippen LogP contribution in [0.2, 0.25) is 0 Å². The molecule has 10 heteroatoms.